The Hall–Kier alpha value is -1.00. The number of aromatic nitrogens is 2. The second-order valence-corrected chi connectivity index (χ2v) is 5.49. The van der Waals surface area contributed by atoms with Crippen LogP contribution in [0, 0.1) is 0 Å². The van der Waals surface area contributed by atoms with Crippen LogP contribution < -0.4 is 5.32 Å². The summed E-state index contributed by atoms with van der Waals surface area (Å²) in [4.78, 5) is 9.56. The van der Waals surface area contributed by atoms with Gasteiger partial charge in [0.05, 0.1) is 11.4 Å². The summed E-state index contributed by atoms with van der Waals surface area (Å²) >= 11 is 0. The number of hydrogen-bond acceptors (Lipinski definition) is 4. The van der Waals surface area contributed by atoms with E-state index in [-0.39, 0.29) is 6.10 Å². The maximum absolute atomic E-state index is 5.56. The maximum atomic E-state index is 5.56. The predicted octanol–water partition coefficient (Wildman–Crippen LogP) is 2.73. The highest BCUT2D eigenvalue weighted by atomic mass is 16.5. The Morgan fingerprint density at radius 2 is 2.11 bits per heavy atom. The minimum atomic E-state index is 0.0229. The molecule has 1 aromatic heterocycles. The van der Waals surface area contributed by atoms with Gasteiger partial charge in [0.2, 0.25) is 0 Å². The first-order valence-electron chi connectivity index (χ1n) is 7.30. The third kappa shape index (κ3) is 3.12. The van der Waals surface area contributed by atoms with Crippen molar-refractivity contribution in [2.75, 3.05) is 13.7 Å². The molecule has 4 nitrogen and oxygen atoms in total. The standard InChI is InChI=1S/C15H25N3O/c1-5-6-13(19-4)15-17-12-9-16-8-7-11(12)14(18-15)10(2)3/h10,13,16H,5-9H2,1-4H3. The van der Waals surface area contributed by atoms with Crippen LogP contribution in [-0.4, -0.2) is 23.6 Å². The molecule has 1 unspecified atom stereocenters. The van der Waals surface area contributed by atoms with Crippen molar-refractivity contribution in [3.05, 3.63) is 22.8 Å². The summed E-state index contributed by atoms with van der Waals surface area (Å²) < 4.78 is 5.56. The van der Waals surface area contributed by atoms with Gasteiger partial charge in [-0.3, -0.25) is 0 Å². The van der Waals surface area contributed by atoms with Gasteiger partial charge in [-0.05, 0) is 30.9 Å². The fourth-order valence-electron chi connectivity index (χ4n) is 2.64. The Kier molecular flexibility index (Phi) is 4.88. The molecule has 2 rings (SSSR count). The van der Waals surface area contributed by atoms with Crippen molar-refractivity contribution in [2.24, 2.45) is 0 Å². The third-order valence-electron chi connectivity index (χ3n) is 3.66. The summed E-state index contributed by atoms with van der Waals surface area (Å²) in [6.07, 6.45) is 3.11. The molecule has 0 saturated heterocycles. The number of fused-ring (bicyclic) bond motifs is 1. The van der Waals surface area contributed by atoms with Crippen molar-refractivity contribution < 1.29 is 4.74 Å². The largest absolute Gasteiger partial charge is 0.373 e. The molecule has 0 aromatic carbocycles. The summed E-state index contributed by atoms with van der Waals surface area (Å²) in [5.74, 6) is 1.29. The van der Waals surface area contributed by atoms with E-state index < -0.39 is 0 Å². The normalized spacial score (nSPS) is 16.5. The number of hydrogen-bond donors (Lipinski definition) is 1. The topological polar surface area (TPSA) is 47.0 Å². The highest BCUT2D eigenvalue weighted by Crippen LogP contribution is 2.26. The van der Waals surface area contributed by atoms with Gasteiger partial charge in [-0.15, -0.1) is 0 Å². The minimum absolute atomic E-state index is 0.0229. The SMILES string of the molecule is CCCC(OC)c1nc2c(c(C(C)C)n1)CCNC2. The molecule has 0 bridgehead atoms. The van der Waals surface area contributed by atoms with E-state index in [4.69, 9.17) is 14.7 Å². The second kappa shape index (κ2) is 6.44. The first-order valence-corrected chi connectivity index (χ1v) is 7.30. The summed E-state index contributed by atoms with van der Waals surface area (Å²) in [6, 6.07) is 0. The number of ether oxygens (including phenoxy) is 1. The molecule has 1 aromatic rings. The first kappa shape index (κ1) is 14.4. The molecule has 0 spiro atoms. The van der Waals surface area contributed by atoms with Crippen LogP contribution in [0.5, 0.6) is 0 Å². The van der Waals surface area contributed by atoms with Gasteiger partial charge in [-0.2, -0.15) is 0 Å². The molecule has 0 fully saturated rings. The van der Waals surface area contributed by atoms with Crippen LogP contribution in [0.4, 0.5) is 0 Å². The van der Waals surface area contributed by atoms with E-state index in [1.165, 1.54) is 11.3 Å². The molecule has 0 radical (unpaired) electrons. The number of rotatable bonds is 5. The monoisotopic (exact) mass is 263 g/mol. The summed E-state index contributed by atoms with van der Waals surface area (Å²) in [6.45, 7) is 8.45. The highest BCUT2D eigenvalue weighted by Gasteiger charge is 2.22. The average Bonchev–Trinajstić information content (AvgIpc) is 2.43. The maximum Gasteiger partial charge on any atom is 0.157 e. The van der Waals surface area contributed by atoms with Crippen molar-refractivity contribution >= 4 is 0 Å². The van der Waals surface area contributed by atoms with Crippen molar-refractivity contribution in [1.82, 2.24) is 15.3 Å². The Morgan fingerprint density at radius 1 is 1.32 bits per heavy atom. The van der Waals surface area contributed by atoms with Crippen LogP contribution in [-0.2, 0) is 17.7 Å². The molecule has 1 atom stereocenters. The Labute approximate surface area is 116 Å². The lowest BCUT2D eigenvalue weighted by molar-refractivity contribution is 0.0870. The number of methoxy groups -OCH3 is 1. The molecule has 1 N–H and O–H groups in total. The van der Waals surface area contributed by atoms with Gasteiger partial charge in [-0.25, -0.2) is 9.97 Å². The fourth-order valence-corrected chi connectivity index (χ4v) is 2.64. The second-order valence-electron chi connectivity index (χ2n) is 5.49. The van der Waals surface area contributed by atoms with E-state index in [1.54, 1.807) is 7.11 Å². The molecule has 19 heavy (non-hydrogen) atoms. The van der Waals surface area contributed by atoms with Crippen molar-refractivity contribution in [3.8, 4) is 0 Å². The van der Waals surface area contributed by atoms with Gasteiger partial charge >= 0.3 is 0 Å². The minimum Gasteiger partial charge on any atom is -0.373 e. The quantitative estimate of drug-likeness (QED) is 0.887. The smallest absolute Gasteiger partial charge is 0.157 e. The first-order chi connectivity index (χ1) is 9.17. The summed E-state index contributed by atoms with van der Waals surface area (Å²) in [7, 11) is 1.75. The van der Waals surface area contributed by atoms with Crippen LogP contribution in [0.1, 0.15) is 68.4 Å². The van der Waals surface area contributed by atoms with Gasteiger partial charge in [0.25, 0.3) is 0 Å². The van der Waals surface area contributed by atoms with E-state index in [9.17, 15) is 0 Å². The zero-order chi connectivity index (χ0) is 13.8. The van der Waals surface area contributed by atoms with Crippen LogP contribution >= 0.6 is 0 Å². The lowest BCUT2D eigenvalue weighted by Gasteiger charge is -2.23. The molecule has 4 heteroatoms. The Bertz CT molecular complexity index is 432. The van der Waals surface area contributed by atoms with Crippen molar-refractivity contribution in [3.63, 3.8) is 0 Å². The molecule has 0 saturated carbocycles. The van der Waals surface area contributed by atoms with E-state index in [1.807, 2.05) is 0 Å². The fraction of sp³-hybridized carbons (Fsp3) is 0.733. The van der Waals surface area contributed by atoms with E-state index >= 15 is 0 Å². The van der Waals surface area contributed by atoms with Crippen LogP contribution in [0.3, 0.4) is 0 Å². The number of nitrogens with zero attached hydrogens (tertiary/aromatic N) is 2. The van der Waals surface area contributed by atoms with E-state index in [0.717, 1.165) is 43.9 Å². The molecule has 2 heterocycles. The van der Waals surface area contributed by atoms with E-state index in [0.29, 0.717) is 5.92 Å². The lowest BCUT2D eigenvalue weighted by atomic mass is 9.97. The van der Waals surface area contributed by atoms with Crippen LogP contribution in [0.15, 0.2) is 0 Å². The van der Waals surface area contributed by atoms with Gasteiger partial charge in [0.1, 0.15) is 6.10 Å². The van der Waals surface area contributed by atoms with Gasteiger partial charge in [-0.1, -0.05) is 27.2 Å². The summed E-state index contributed by atoms with van der Waals surface area (Å²) in [5, 5.41) is 3.39. The third-order valence-corrected chi connectivity index (χ3v) is 3.66. The van der Waals surface area contributed by atoms with Gasteiger partial charge in [0.15, 0.2) is 5.82 Å². The summed E-state index contributed by atoms with van der Waals surface area (Å²) in [5.41, 5.74) is 3.72. The Balaban J connectivity index is 2.42. The molecule has 0 amide bonds. The van der Waals surface area contributed by atoms with Crippen molar-refractivity contribution in [1.29, 1.82) is 0 Å². The molecular weight excluding hydrogens is 238 g/mol. The molecule has 1 aliphatic rings. The van der Waals surface area contributed by atoms with Crippen LogP contribution in [0.2, 0.25) is 0 Å². The average molecular weight is 263 g/mol. The zero-order valence-corrected chi connectivity index (χ0v) is 12.5. The van der Waals surface area contributed by atoms with Crippen molar-refractivity contribution in [2.45, 2.75) is 58.6 Å². The zero-order valence-electron chi connectivity index (χ0n) is 12.5. The highest BCUT2D eigenvalue weighted by molar-refractivity contribution is 5.30. The molecule has 106 valence electrons. The Morgan fingerprint density at radius 3 is 2.74 bits per heavy atom. The van der Waals surface area contributed by atoms with Crippen LogP contribution in [0.25, 0.3) is 0 Å². The lowest BCUT2D eigenvalue weighted by Crippen LogP contribution is -2.28. The molecular formula is C15H25N3O. The molecule has 0 aliphatic carbocycles. The van der Waals surface area contributed by atoms with Gasteiger partial charge in [0, 0.05) is 13.7 Å². The molecule has 1 aliphatic heterocycles. The number of nitrogens with one attached hydrogen (secondary N) is 1. The van der Waals surface area contributed by atoms with Gasteiger partial charge < -0.3 is 10.1 Å². The van der Waals surface area contributed by atoms with E-state index in [2.05, 4.69) is 26.1 Å². The predicted molar refractivity (Wildman–Crippen MR) is 76.2 cm³/mol.